The van der Waals surface area contributed by atoms with E-state index in [1.807, 2.05) is 61.5 Å². The molecule has 0 spiro atoms. The highest BCUT2D eigenvalue weighted by Gasteiger charge is 2.44. The molecule has 158 valence electrons. The smallest absolute Gasteiger partial charge is 0.405 e. The molecule has 2 amide bonds. The van der Waals surface area contributed by atoms with E-state index in [2.05, 4.69) is 10.3 Å². The third kappa shape index (κ3) is 4.46. The second-order valence-corrected chi connectivity index (χ2v) is 7.58. The molecule has 0 saturated carbocycles. The number of aromatic nitrogens is 1. The molecule has 7 heteroatoms. The Morgan fingerprint density at radius 2 is 1.83 bits per heavy atom. The molecule has 5 N–H and O–H groups in total. The van der Waals surface area contributed by atoms with E-state index in [-0.39, 0.29) is 6.61 Å². The number of carbonyl (C=O) groups is 2. The number of hydrogen-bond acceptors (Lipinski definition) is 4. The molecule has 3 rings (SSSR count). The van der Waals surface area contributed by atoms with Gasteiger partial charge in [0.1, 0.15) is 0 Å². The number of para-hydroxylation sites is 1. The highest BCUT2D eigenvalue weighted by molar-refractivity contribution is 5.91. The molecule has 0 bridgehead atoms. The number of hydrogen-bond donors (Lipinski definition) is 4. The van der Waals surface area contributed by atoms with Crippen molar-refractivity contribution < 1.29 is 19.4 Å². The lowest BCUT2D eigenvalue weighted by molar-refractivity contribution is -0.141. The van der Waals surface area contributed by atoms with Crippen molar-refractivity contribution >= 4 is 22.9 Å². The monoisotopic (exact) mass is 409 g/mol. The molecule has 0 aliphatic rings. The lowest BCUT2D eigenvalue weighted by Crippen LogP contribution is -2.55. The zero-order valence-electron chi connectivity index (χ0n) is 17.1. The fraction of sp³-hybridized carbons (Fsp3) is 0.304. The molecule has 7 nitrogen and oxygen atoms in total. The normalized spacial score (nSPS) is 15.2. The number of H-pyrrole nitrogens is 1. The summed E-state index contributed by atoms with van der Waals surface area (Å²) in [4.78, 5) is 28.1. The van der Waals surface area contributed by atoms with Crippen LogP contribution in [0.2, 0.25) is 0 Å². The summed E-state index contributed by atoms with van der Waals surface area (Å²) in [6, 6.07) is 16.7. The van der Waals surface area contributed by atoms with Crippen LogP contribution in [0.25, 0.3) is 10.9 Å². The van der Waals surface area contributed by atoms with Gasteiger partial charge in [-0.05, 0) is 30.5 Å². The first-order chi connectivity index (χ1) is 14.3. The molecule has 30 heavy (non-hydrogen) atoms. The third-order valence-corrected chi connectivity index (χ3v) is 5.56. The molecule has 1 heterocycles. The molecular formula is C23H27N3O4. The van der Waals surface area contributed by atoms with Crippen LogP contribution >= 0.6 is 0 Å². The van der Waals surface area contributed by atoms with E-state index >= 15 is 0 Å². The van der Waals surface area contributed by atoms with Crippen LogP contribution in [0.5, 0.6) is 0 Å². The summed E-state index contributed by atoms with van der Waals surface area (Å²) in [6.07, 6.45) is 1.21. The maximum absolute atomic E-state index is 13.3. The van der Waals surface area contributed by atoms with Crippen molar-refractivity contribution in [3.63, 3.8) is 0 Å². The topological polar surface area (TPSA) is 117 Å². The van der Waals surface area contributed by atoms with Gasteiger partial charge in [-0.3, -0.25) is 4.79 Å². The number of rotatable bonds is 8. The van der Waals surface area contributed by atoms with Crippen LogP contribution in [-0.4, -0.2) is 40.3 Å². The Bertz CT molecular complexity index is 1020. The van der Waals surface area contributed by atoms with Crippen LogP contribution < -0.4 is 11.1 Å². The summed E-state index contributed by atoms with van der Waals surface area (Å²) in [6.45, 7) is 3.09. The van der Waals surface area contributed by atoms with E-state index in [0.29, 0.717) is 6.42 Å². The van der Waals surface area contributed by atoms with Crippen LogP contribution in [0.1, 0.15) is 30.9 Å². The van der Waals surface area contributed by atoms with Gasteiger partial charge in [-0.15, -0.1) is 0 Å². The van der Waals surface area contributed by atoms with Gasteiger partial charge in [-0.1, -0.05) is 55.5 Å². The van der Waals surface area contributed by atoms with Crippen LogP contribution in [-0.2, 0) is 16.0 Å². The number of benzene rings is 2. The summed E-state index contributed by atoms with van der Waals surface area (Å²) in [5, 5.41) is 13.5. The van der Waals surface area contributed by atoms with Crippen LogP contribution in [0.4, 0.5) is 4.79 Å². The highest BCUT2D eigenvalue weighted by atomic mass is 16.6. The van der Waals surface area contributed by atoms with Gasteiger partial charge in [0.15, 0.2) is 5.60 Å². The molecule has 0 saturated heterocycles. The van der Waals surface area contributed by atoms with Gasteiger partial charge in [-0.2, -0.15) is 0 Å². The quantitative estimate of drug-likeness (QED) is 0.457. The molecule has 2 aromatic carbocycles. The standard InChI is InChI=1S/C23H27N3O4/c1-15(19-13-25-20-11-7-6-10-18(19)20)23(2,30-22(24)29)21(28)26-17(14-27)12-16-8-4-3-5-9-16/h3-11,13,15,17,25,27H,12,14H2,1-2H3,(H2,24,29)(H,26,28). The van der Waals surface area contributed by atoms with E-state index in [0.717, 1.165) is 22.0 Å². The minimum Gasteiger partial charge on any atom is -0.433 e. The van der Waals surface area contributed by atoms with Crippen LogP contribution in [0, 0.1) is 0 Å². The first kappa shape index (κ1) is 21.4. The Balaban J connectivity index is 1.87. The van der Waals surface area contributed by atoms with Gasteiger partial charge in [0, 0.05) is 23.0 Å². The number of aliphatic hydroxyl groups excluding tert-OH is 1. The summed E-state index contributed by atoms with van der Waals surface area (Å²) >= 11 is 0. The van der Waals surface area contributed by atoms with Gasteiger partial charge < -0.3 is 25.9 Å². The molecular weight excluding hydrogens is 382 g/mol. The zero-order valence-corrected chi connectivity index (χ0v) is 17.1. The fourth-order valence-electron chi connectivity index (χ4n) is 3.68. The maximum atomic E-state index is 13.3. The van der Waals surface area contributed by atoms with E-state index in [4.69, 9.17) is 10.5 Å². The molecule has 0 fully saturated rings. The van der Waals surface area contributed by atoms with Gasteiger partial charge in [-0.25, -0.2) is 4.79 Å². The Morgan fingerprint density at radius 3 is 2.50 bits per heavy atom. The van der Waals surface area contributed by atoms with Gasteiger partial charge in [0.25, 0.3) is 5.91 Å². The largest absolute Gasteiger partial charge is 0.433 e. The number of carbonyl (C=O) groups excluding carboxylic acids is 2. The predicted molar refractivity (Wildman–Crippen MR) is 115 cm³/mol. The van der Waals surface area contributed by atoms with Crippen molar-refractivity contribution in [3.05, 3.63) is 71.9 Å². The molecule has 0 radical (unpaired) electrons. The number of aliphatic hydroxyl groups is 1. The number of amides is 2. The lowest BCUT2D eigenvalue weighted by atomic mass is 9.83. The number of fused-ring (bicyclic) bond motifs is 1. The zero-order chi connectivity index (χ0) is 21.7. The average Bonchev–Trinajstić information content (AvgIpc) is 3.16. The summed E-state index contributed by atoms with van der Waals surface area (Å²) in [7, 11) is 0. The number of aromatic amines is 1. The number of primary amides is 1. The van der Waals surface area contributed by atoms with Gasteiger partial charge in [0.2, 0.25) is 0 Å². The van der Waals surface area contributed by atoms with Crippen molar-refractivity contribution in [2.45, 2.75) is 37.8 Å². The van der Waals surface area contributed by atoms with Gasteiger partial charge >= 0.3 is 6.09 Å². The summed E-state index contributed by atoms with van der Waals surface area (Å²) in [5.74, 6) is -1.02. The van der Waals surface area contributed by atoms with E-state index in [1.54, 1.807) is 6.20 Å². The predicted octanol–water partition coefficient (Wildman–Crippen LogP) is 2.85. The van der Waals surface area contributed by atoms with E-state index in [1.165, 1.54) is 6.92 Å². The minimum atomic E-state index is -1.57. The van der Waals surface area contributed by atoms with Gasteiger partial charge in [0.05, 0.1) is 12.6 Å². The van der Waals surface area contributed by atoms with E-state index in [9.17, 15) is 14.7 Å². The molecule has 0 aliphatic carbocycles. The first-order valence-electron chi connectivity index (χ1n) is 9.85. The number of nitrogens with one attached hydrogen (secondary N) is 2. The maximum Gasteiger partial charge on any atom is 0.405 e. The molecule has 3 atom stereocenters. The van der Waals surface area contributed by atoms with Crippen molar-refractivity contribution in [3.8, 4) is 0 Å². The van der Waals surface area contributed by atoms with Crippen LogP contribution in [0.3, 0.4) is 0 Å². The SMILES string of the molecule is CC(c1c[nH]c2ccccc12)C(C)(OC(N)=O)C(=O)NC(CO)Cc1ccccc1. The lowest BCUT2D eigenvalue weighted by Gasteiger charge is -2.34. The average molecular weight is 409 g/mol. The van der Waals surface area contributed by atoms with Crippen molar-refractivity contribution in [1.82, 2.24) is 10.3 Å². The highest BCUT2D eigenvalue weighted by Crippen LogP contribution is 2.35. The molecule has 3 unspecified atom stereocenters. The molecule has 0 aliphatic heterocycles. The fourth-order valence-corrected chi connectivity index (χ4v) is 3.68. The summed E-state index contributed by atoms with van der Waals surface area (Å²) < 4.78 is 5.36. The second kappa shape index (κ2) is 9.00. The number of nitrogens with two attached hydrogens (primary N) is 1. The Hall–Kier alpha value is -3.32. The number of ether oxygens (including phenoxy) is 1. The summed E-state index contributed by atoms with van der Waals surface area (Å²) in [5.41, 5.74) is 6.45. The van der Waals surface area contributed by atoms with Crippen molar-refractivity contribution in [2.75, 3.05) is 6.61 Å². The first-order valence-corrected chi connectivity index (χ1v) is 9.85. The molecule has 3 aromatic rings. The minimum absolute atomic E-state index is 0.255. The second-order valence-electron chi connectivity index (χ2n) is 7.58. The Kier molecular flexibility index (Phi) is 6.42. The third-order valence-electron chi connectivity index (χ3n) is 5.56. The van der Waals surface area contributed by atoms with Crippen molar-refractivity contribution in [2.24, 2.45) is 5.73 Å². The molecule has 1 aromatic heterocycles. The van der Waals surface area contributed by atoms with E-state index < -0.39 is 29.6 Å². The Labute approximate surface area is 175 Å². The van der Waals surface area contributed by atoms with Crippen LogP contribution in [0.15, 0.2) is 60.8 Å². The Morgan fingerprint density at radius 1 is 1.17 bits per heavy atom. The van der Waals surface area contributed by atoms with Crippen molar-refractivity contribution in [1.29, 1.82) is 0 Å².